The van der Waals surface area contributed by atoms with Crippen LogP contribution < -0.4 is 5.32 Å². The highest BCUT2D eigenvalue weighted by molar-refractivity contribution is 6.20. The number of aryl methyl sites for hydroxylation is 2. The standard InChI is InChI=1S/C10H17ClN4/c1-4-9(11)5-6-12-10-13-7(2)8(3)14-15-10/h9H,4-6H2,1-3H3,(H,12,13,15). The van der Waals surface area contributed by atoms with Gasteiger partial charge in [0.05, 0.1) is 11.4 Å². The van der Waals surface area contributed by atoms with Gasteiger partial charge in [-0.15, -0.1) is 16.7 Å². The van der Waals surface area contributed by atoms with Crippen molar-refractivity contribution in [2.24, 2.45) is 0 Å². The first-order valence-corrected chi connectivity index (χ1v) is 5.63. The lowest BCUT2D eigenvalue weighted by molar-refractivity contribution is 0.746. The van der Waals surface area contributed by atoms with E-state index in [2.05, 4.69) is 27.4 Å². The Morgan fingerprint density at radius 1 is 1.27 bits per heavy atom. The minimum absolute atomic E-state index is 0.219. The van der Waals surface area contributed by atoms with Crippen molar-refractivity contribution in [3.05, 3.63) is 11.4 Å². The lowest BCUT2D eigenvalue weighted by Gasteiger charge is -2.07. The highest BCUT2D eigenvalue weighted by Gasteiger charge is 2.03. The molecular formula is C10H17ClN4. The van der Waals surface area contributed by atoms with Crippen LogP contribution in [-0.4, -0.2) is 27.1 Å². The van der Waals surface area contributed by atoms with Crippen LogP contribution in [0, 0.1) is 13.8 Å². The molecule has 0 aliphatic carbocycles. The number of rotatable bonds is 5. The second-order valence-corrected chi connectivity index (χ2v) is 4.14. The van der Waals surface area contributed by atoms with E-state index in [-0.39, 0.29) is 5.38 Å². The summed E-state index contributed by atoms with van der Waals surface area (Å²) in [5, 5.41) is 11.3. The lowest BCUT2D eigenvalue weighted by atomic mass is 10.2. The van der Waals surface area contributed by atoms with E-state index < -0.39 is 0 Å². The Kier molecular flexibility index (Phi) is 4.75. The Balaban J connectivity index is 2.41. The molecule has 1 aromatic rings. The molecule has 0 aromatic carbocycles. The van der Waals surface area contributed by atoms with E-state index >= 15 is 0 Å². The van der Waals surface area contributed by atoms with Crippen LogP contribution >= 0.6 is 11.6 Å². The van der Waals surface area contributed by atoms with Gasteiger partial charge in [-0.3, -0.25) is 0 Å². The van der Waals surface area contributed by atoms with Gasteiger partial charge in [0.25, 0.3) is 0 Å². The first kappa shape index (κ1) is 12.2. The first-order valence-electron chi connectivity index (χ1n) is 5.19. The number of hydrogen-bond acceptors (Lipinski definition) is 4. The fourth-order valence-electron chi connectivity index (χ4n) is 1.08. The van der Waals surface area contributed by atoms with Crippen molar-refractivity contribution in [2.75, 3.05) is 11.9 Å². The molecule has 0 amide bonds. The Hall–Kier alpha value is -0.900. The third-order valence-corrected chi connectivity index (χ3v) is 2.80. The molecule has 0 bridgehead atoms. The van der Waals surface area contributed by atoms with E-state index in [0.717, 1.165) is 30.8 Å². The molecule has 1 heterocycles. The highest BCUT2D eigenvalue weighted by Crippen LogP contribution is 2.07. The molecule has 0 saturated carbocycles. The number of aromatic nitrogens is 3. The van der Waals surface area contributed by atoms with Crippen molar-refractivity contribution in [3.63, 3.8) is 0 Å². The van der Waals surface area contributed by atoms with Gasteiger partial charge < -0.3 is 5.32 Å². The van der Waals surface area contributed by atoms with Gasteiger partial charge in [0.15, 0.2) is 0 Å². The molecule has 4 nitrogen and oxygen atoms in total. The molecule has 0 fully saturated rings. The zero-order valence-electron chi connectivity index (χ0n) is 9.42. The number of alkyl halides is 1. The minimum Gasteiger partial charge on any atom is -0.353 e. The Bertz CT molecular complexity index is 316. The molecule has 84 valence electrons. The predicted molar refractivity (Wildman–Crippen MR) is 62.3 cm³/mol. The third kappa shape index (κ3) is 4.00. The number of hydrogen-bond donors (Lipinski definition) is 1. The van der Waals surface area contributed by atoms with Crippen molar-refractivity contribution in [3.8, 4) is 0 Å². The molecule has 1 atom stereocenters. The van der Waals surface area contributed by atoms with Crippen LogP contribution in [0.1, 0.15) is 31.2 Å². The number of nitrogens with one attached hydrogen (secondary N) is 1. The molecule has 0 saturated heterocycles. The highest BCUT2D eigenvalue weighted by atomic mass is 35.5. The van der Waals surface area contributed by atoms with Crippen LogP contribution in [0.4, 0.5) is 5.95 Å². The molecule has 1 N–H and O–H groups in total. The monoisotopic (exact) mass is 228 g/mol. The van der Waals surface area contributed by atoms with Crippen LogP contribution in [0.25, 0.3) is 0 Å². The average Bonchev–Trinajstić information content (AvgIpc) is 2.23. The van der Waals surface area contributed by atoms with E-state index in [4.69, 9.17) is 11.6 Å². The zero-order valence-corrected chi connectivity index (χ0v) is 10.2. The molecular weight excluding hydrogens is 212 g/mol. The Morgan fingerprint density at radius 3 is 2.60 bits per heavy atom. The van der Waals surface area contributed by atoms with Crippen molar-refractivity contribution >= 4 is 17.5 Å². The van der Waals surface area contributed by atoms with Crippen molar-refractivity contribution in [2.45, 2.75) is 39.0 Å². The maximum Gasteiger partial charge on any atom is 0.242 e. The molecule has 15 heavy (non-hydrogen) atoms. The van der Waals surface area contributed by atoms with E-state index in [0.29, 0.717) is 5.95 Å². The summed E-state index contributed by atoms with van der Waals surface area (Å²) in [6.07, 6.45) is 1.89. The molecule has 0 aliphatic rings. The van der Waals surface area contributed by atoms with E-state index in [1.807, 2.05) is 13.8 Å². The van der Waals surface area contributed by atoms with Gasteiger partial charge in [-0.25, -0.2) is 4.98 Å². The molecule has 0 spiro atoms. The van der Waals surface area contributed by atoms with Gasteiger partial charge >= 0.3 is 0 Å². The molecule has 1 rings (SSSR count). The minimum atomic E-state index is 0.219. The quantitative estimate of drug-likeness (QED) is 0.786. The maximum atomic E-state index is 5.99. The topological polar surface area (TPSA) is 50.7 Å². The molecule has 0 radical (unpaired) electrons. The smallest absolute Gasteiger partial charge is 0.242 e. The zero-order chi connectivity index (χ0) is 11.3. The van der Waals surface area contributed by atoms with Crippen molar-refractivity contribution < 1.29 is 0 Å². The Labute approximate surface area is 95.5 Å². The Morgan fingerprint density at radius 2 is 2.00 bits per heavy atom. The summed E-state index contributed by atoms with van der Waals surface area (Å²) < 4.78 is 0. The number of nitrogens with zero attached hydrogens (tertiary/aromatic N) is 3. The van der Waals surface area contributed by atoms with Crippen molar-refractivity contribution in [1.82, 2.24) is 15.2 Å². The fourth-order valence-corrected chi connectivity index (χ4v) is 1.19. The molecule has 1 aromatic heterocycles. The number of anilines is 1. The van der Waals surface area contributed by atoms with Gasteiger partial charge in [0.1, 0.15) is 0 Å². The van der Waals surface area contributed by atoms with Crippen molar-refractivity contribution in [1.29, 1.82) is 0 Å². The maximum absolute atomic E-state index is 5.99. The van der Waals surface area contributed by atoms with E-state index in [9.17, 15) is 0 Å². The summed E-state index contributed by atoms with van der Waals surface area (Å²) >= 11 is 5.99. The predicted octanol–water partition coefficient (Wildman–Crippen LogP) is 2.31. The van der Waals surface area contributed by atoms with Gasteiger partial charge in [-0.1, -0.05) is 6.92 Å². The molecule has 0 aliphatic heterocycles. The second kappa shape index (κ2) is 5.85. The van der Waals surface area contributed by atoms with Crippen LogP contribution in [0.15, 0.2) is 0 Å². The van der Waals surface area contributed by atoms with Gasteiger partial charge in [0, 0.05) is 11.9 Å². The van der Waals surface area contributed by atoms with Gasteiger partial charge in [-0.05, 0) is 26.7 Å². The summed E-state index contributed by atoms with van der Waals surface area (Å²) in [5.74, 6) is 0.582. The van der Waals surface area contributed by atoms with Crippen LogP contribution in [-0.2, 0) is 0 Å². The summed E-state index contributed by atoms with van der Waals surface area (Å²) in [4.78, 5) is 4.27. The summed E-state index contributed by atoms with van der Waals surface area (Å²) in [5.41, 5.74) is 1.77. The van der Waals surface area contributed by atoms with E-state index in [1.165, 1.54) is 0 Å². The third-order valence-electron chi connectivity index (χ3n) is 2.28. The second-order valence-electron chi connectivity index (χ2n) is 3.53. The lowest BCUT2D eigenvalue weighted by Crippen LogP contribution is -2.11. The van der Waals surface area contributed by atoms with Gasteiger partial charge in [0.2, 0.25) is 5.95 Å². The SMILES string of the molecule is CCC(Cl)CCNc1nnc(C)c(C)n1. The van der Waals surface area contributed by atoms with Crippen LogP contribution in [0.5, 0.6) is 0 Å². The first-order chi connectivity index (χ1) is 7.13. The number of halogens is 1. The summed E-state index contributed by atoms with van der Waals surface area (Å²) in [6.45, 7) is 6.68. The molecule has 1 unspecified atom stereocenters. The van der Waals surface area contributed by atoms with Crippen LogP contribution in [0.2, 0.25) is 0 Å². The summed E-state index contributed by atoms with van der Waals surface area (Å²) in [7, 11) is 0. The average molecular weight is 229 g/mol. The summed E-state index contributed by atoms with van der Waals surface area (Å²) in [6, 6.07) is 0. The fraction of sp³-hybridized carbons (Fsp3) is 0.700. The van der Waals surface area contributed by atoms with Gasteiger partial charge in [-0.2, -0.15) is 5.10 Å². The largest absolute Gasteiger partial charge is 0.353 e. The van der Waals surface area contributed by atoms with Crippen LogP contribution in [0.3, 0.4) is 0 Å². The molecule has 5 heteroatoms. The normalized spacial score (nSPS) is 12.5. The van der Waals surface area contributed by atoms with E-state index in [1.54, 1.807) is 0 Å².